The molecule has 0 aromatic carbocycles. The number of nitrogens with one attached hydrogen (secondary N) is 2. The van der Waals surface area contributed by atoms with E-state index in [1.165, 1.54) is 6.20 Å². The van der Waals surface area contributed by atoms with Crippen molar-refractivity contribution in [1.29, 1.82) is 0 Å². The number of H-pyrrole nitrogens is 1. The highest BCUT2D eigenvalue weighted by molar-refractivity contribution is 7.89. The number of hydrogen-bond acceptors (Lipinski definition) is 4. The molecule has 1 rings (SSSR count). The number of nitrogens with two attached hydrogens (primary N) is 1. The number of aryl methyl sites for hydroxylation is 1. The quantitative estimate of drug-likeness (QED) is 0.678. The molecule has 0 saturated carbocycles. The Bertz CT molecular complexity index is 467. The predicted octanol–water partition coefficient (Wildman–Crippen LogP) is 0.624. The van der Waals surface area contributed by atoms with Crippen LogP contribution >= 0.6 is 0 Å². The van der Waals surface area contributed by atoms with Crippen LogP contribution in [0, 0.1) is 5.92 Å². The topological polar surface area (TPSA) is 101 Å². The minimum atomic E-state index is -3.53. The molecule has 0 spiro atoms. The fourth-order valence-electron chi connectivity index (χ4n) is 1.64. The first-order valence-corrected chi connectivity index (χ1v) is 7.62. The van der Waals surface area contributed by atoms with E-state index in [-0.39, 0.29) is 17.6 Å². The molecule has 1 unspecified atom stereocenters. The Kier molecular flexibility index (Phi) is 5.30. The molecule has 0 radical (unpaired) electrons. The first-order chi connectivity index (χ1) is 8.35. The van der Waals surface area contributed by atoms with Gasteiger partial charge in [-0.15, -0.1) is 0 Å². The Morgan fingerprint density at radius 3 is 2.67 bits per heavy atom. The van der Waals surface area contributed by atoms with E-state index in [1.807, 2.05) is 6.92 Å². The van der Waals surface area contributed by atoms with E-state index in [0.29, 0.717) is 18.2 Å². The summed E-state index contributed by atoms with van der Waals surface area (Å²) >= 11 is 0. The van der Waals surface area contributed by atoms with Crippen molar-refractivity contribution in [1.82, 2.24) is 14.7 Å². The average molecular weight is 274 g/mol. The van der Waals surface area contributed by atoms with Crippen LogP contribution in [0.5, 0.6) is 0 Å². The first kappa shape index (κ1) is 15.1. The predicted molar refractivity (Wildman–Crippen MR) is 70.6 cm³/mol. The second-order valence-electron chi connectivity index (χ2n) is 4.79. The van der Waals surface area contributed by atoms with Crippen LogP contribution in [0.2, 0.25) is 0 Å². The monoisotopic (exact) mass is 274 g/mol. The van der Waals surface area contributed by atoms with E-state index in [2.05, 4.69) is 28.5 Å². The molecule has 6 nitrogen and oxygen atoms in total. The molecule has 1 aromatic rings. The molecule has 1 heterocycles. The Hall–Kier alpha value is -0.920. The van der Waals surface area contributed by atoms with Crippen molar-refractivity contribution in [3.8, 4) is 0 Å². The molecule has 0 aliphatic heterocycles. The molecule has 18 heavy (non-hydrogen) atoms. The number of imidazole rings is 1. The van der Waals surface area contributed by atoms with Crippen molar-refractivity contribution >= 4 is 10.0 Å². The third-order valence-corrected chi connectivity index (χ3v) is 3.87. The highest BCUT2D eigenvalue weighted by atomic mass is 32.2. The van der Waals surface area contributed by atoms with Gasteiger partial charge in [0.15, 0.2) is 5.03 Å². The Morgan fingerprint density at radius 1 is 1.50 bits per heavy atom. The molecule has 0 aliphatic rings. The Morgan fingerprint density at radius 2 is 2.17 bits per heavy atom. The largest absolute Gasteiger partial charge is 0.332 e. The number of aromatic nitrogens is 2. The zero-order valence-electron chi connectivity index (χ0n) is 11.1. The van der Waals surface area contributed by atoms with Crippen LogP contribution in [0.3, 0.4) is 0 Å². The smallest absolute Gasteiger partial charge is 0.257 e. The third-order valence-electron chi connectivity index (χ3n) is 2.54. The van der Waals surface area contributed by atoms with Crippen LogP contribution in [0.4, 0.5) is 0 Å². The maximum atomic E-state index is 11.9. The summed E-state index contributed by atoms with van der Waals surface area (Å²) < 4.78 is 26.3. The van der Waals surface area contributed by atoms with E-state index < -0.39 is 10.0 Å². The van der Waals surface area contributed by atoms with Crippen LogP contribution in [0.25, 0.3) is 0 Å². The van der Waals surface area contributed by atoms with Gasteiger partial charge in [0, 0.05) is 19.0 Å². The maximum Gasteiger partial charge on any atom is 0.257 e. The van der Waals surface area contributed by atoms with Crippen molar-refractivity contribution < 1.29 is 8.42 Å². The normalized spacial score (nSPS) is 14.1. The highest BCUT2D eigenvalue weighted by Gasteiger charge is 2.18. The van der Waals surface area contributed by atoms with Crippen molar-refractivity contribution in [3.63, 3.8) is 0 Å². The van der Waals surface area contributed by atoms with Gasteiger partial charge in [0.2, 0.25) is 0 Å². The van der Waals surface area contributed by atoms with Gasteiger partial charge in [-0.1, -0.05) is 20.8 Å². The lowest BCUT2D eigenvalue weighted by Gasteiger charge is -2.14. The molecule has 1 aromatic heterocycles. The number of aromatic amines is 1. The second kappa shape index (κ2) is 6.31. The average Bonchev–Trinajstić information content (AvgIpc) is 2.75. The van der Waals surface area contributed by atoms with E-state index in [0.717, 1.165) is 6.42 Å². The molecule has 0 amide bonds. The van der Waals surface area contributed by atoms with Crippen LogP contribution < -0.4 is 10.5 Å². The van der Waals surface area contributed by atoms with Gasteiger partial charge in [-0.05, 0) is 12.3 Å². The summed E-state index contributed by atoms with van der Waals surface area (Å²) in [7, 11) is -3.53. The number of rotatable bonds is 7. The van der Waals surface area contributed by atoms with Crippen LogP contribution in [0.15, 0.2) is 11.2 Å². The summed E-state index contributed by atoms with van der Waals surface area (Å²) in [5, 5.41) is 0.0936. The highest BCUT2D eigenvalue weighted by Crippen LogP contribution is 2.07. The van der Waals surface area contributed by atoms with Gasteiger partial charge >= 0.3 is 0 Å². The van der Waals surface area contributed by atoms with Gasteiger partial charge < -0.3 is 10.7 Å². The van der Waals surface area contributed by atoms with Crippen LogP contribution in [-0.4, -0.2) is 31.0 Å². The minimum absolute atomic E-state index is 0.0936. The van der Waals surface area contributed by atoms with E-state index in [9.17, 15) is 8.42 Å². The second-order valence-corrected chi connectivity index (χ2v) is 6.52. The summed E-state index contributed by atoms with van der Waals surface area (Å²) in [6.45, 7) is 6.25. The van der Waals surface area contributed by atoms with Crippen molar-refractivity contribution in [2.24, 2.45) is 11.7 Å². The summed E-state index contributed by atoms with van der Waals surface area (Å²) in [5.74, 6) is 1.10. The molecule has 0 saturated heterocycles. The van der Waals surface area contributed by atoms with E-state index in [4.69, 9.17) is 5.73 Å². The third kappa shape index (κ3) is 4.40. The molecule has 4 N–H and O–H groups in total. The maximum absolute atomic E-state index is 11.9. The summed E-state index contributed by atoms with van der Waals surface area (Å²) in [4.78, 5) is 6.74. The fraction of sp³-hybridized carbons (Fsp3) is 0.727. The molecular weight excluding hydrogens is 252 g/mol. The van der Waals surface area contributed by atoms with E-state index >= 15 is 0 Å². The van der Waals surface area contributed by atoms with Crippen LogP contribution in [0.1, 0.15) is 33.0 Å². The van der Waals surface area contributed by atoms with Crippen molar-refractivity contribution in [2.45, 2.75) is 44.7 Å². The Labute approximate surface area is 108 Å². The van der Waals surface area contributed by atoms with Gasteiger partial charge in [-0.3, -0.25) is 0 Å². The molecule has 0 bridgehead atoms. The summed E-state index contributed by atoms with van der Waals surface area (Å²) in [6, 6.07) is -0.173. The van der Waals surface area contributed by atoms with E-state index in [1.54, 1.807) is 0 Å². The molecule has 0 aliphatic carbocycles. The summed E-state index contributed by atoms with van der Waals surface area (Å²) in [6.07, 6.45) is 2.78. The van der Waals surface area contributed by atoms with Crippen LogP contribution in [-0.2, 0) is 16.4 Å². The molecule has 104 valence electrons. The van der Waals surface area contributed by atoms with Gasteiger partial charge in [0.05, 0.1) is 6.20 Å². The summed E-state index contributed by atoms with van der Waals surface area (Å²) in [5.41, 5.74) is 5.84. The zero-order valence-corrected chi connectivity index (χ0v) is 11.9. The van der Waals surface area contributed by atoms with Gasteiger partial charge in [0.25, 0.3) is 10.0 Å². The van der Waals surface area contributed by atoms with Gasteiger partial charge in [0.1, 0.15) is 5.82 Å². The number of sulfonamides is 1. The Balaban J connectivity index is 2.59. The minimum Gasteiger partial charge on any atom is -0.332 e. The van der Waals surface area contributed by atoms with Gasteiger partial charge in [-0.2, -0.15) is 0 Å². The van der Waals surface area contributed by atoms with Crippen molar-refractivity contribution in [2.75, 3.05) is 6.54 Å². The van der Waals surface area contributed by atoms with Gasteiger partial charge in [-0.25, -0.2) is 18.1 Å². The standard InChI is InChI=1S/C11H22N4O2S/c1-4-10-13-7-11(15-10)18(16,17)14-6-9(12)5-8(2)3/h7-9,14H,4-6,12H2,1-3H3,(H,13,15). The number of hydrogen-bond donors (Lipinski definition) is 3. The SMILES string of the molecule is CCc1ncc(S(=O)(=O)NCC(N)CC(C)C)[nH]1. The molecule has 1 atom stereocenters. The van der Waals surface area contributed by atoms with Crippen molar-refractivity contribution in [3.05, 3.63) is 12.0 Å². The lowest BCUT2D eigenvalue weighted by atomic mass is 10.1. The lowest BCUT2D eigenvalue weighted by Crippen LogP contribution is -2.38. The fourth-order valence-corrected chi connectivity index (χ4v) is 2.68. The zero-order chi connectivity index (χ0) is 13.8. The molecule has 7 heteroatoms. The first-order valence-electron chi connectivity index (χ1n) is 6.14. The molecular formula is C11H22N4O2S. The number of nitrogens with zero attached hydrogens (tertiary/aromatic N) is 1. The molecule has 0 fully saturated rings. The lowest BCUT2D eigenvalue weighted by molar-refractivity contribution is 0.485.